The number of hydrogen-bond donors (Lipinski definition) is 1. The van der Waals surface area contributed by atoms with Crippen LogP contribution in [-0.2, 0) is 11.0 Å². The van der Waals surface area contributed by atoms with Crippen LogP contribution in [0.4, 0.5) is 0 Å². The summed E-state index contributed by atoms with van der Waals surface area (Å²) >= 11 is 5.87. The summed E-state index contributed by atoms with van der Waals surface area (Å²) in [7, 11) is -1.11. The highest BCUT2D eigenvalue weighted by atomic mass is 35.5. The summed E-state index contributed by atoms with van der Waals surface area (Å²) in [5.74, 6) is 0. The van der Waals surface area contributed by atoms with Gasteiger partial charge in [-0.3, -0.25) is 0 Å². The van der Waals surface area contributed by atoms with Crippen LogP contribution in [0, 0.1) is 0 Å². The maximum atomic E-state index is 12.1. The van der Waals surface area contributed by atoms with Crippen LogP contribution in [0.2, 0.25) is 5.02 Å². The maximum Gasteiger partial charge on any atom is 0.0976 e. The average Bonchev–Trinajstić information content (AvgIpc) is 2.28. The van der Waals surface area contributed by atoms with Gasteiger partial charge in [0.25, 0.3) is 0 Å². The van der Waals surface area contributed by atoms with Gasteiger partial charge in [-0.25, -0.2) is 8.93 Å². The molecule has 0 aromatic heterocycles. The smallest absolute Gasteiger partial charge is 0.0976 e. The largest absolute Gasteiger partial charge is 0.242 e. The molecule has 0 fully saturated rings. The standard InChI is InChI=1S/C14H20ClNOS/c1-5-6-13(16-18(17)14(2,3)4)11-7-9-12(15)10-8-11/h5,7-10,13,16H,1,6H2,2-4H3/t13-,18+/m0/s1. The highest BCUT2D eigenvalue weighted by molar-refractivity contribution is 7.84. The summed E-state index contributed by atoms with van der Waals surface area (Å²) in [4.78, 5) is 0. The Morgan fingerprint density at radius 3 is 2.39 bits per heavy atom. The number of rotatable bonds is 5. The van der Waals surface area contributed by atoms with Crippen molar-refractivity contribution in [2.45, 2.75) is 38.0 Å². The second-order valence-electron chi connectivity index (χ2n) is 5.13. The zero-order chi connectivity index (χ0) is 13.8. The van der Waals surface area contributed by atoms with Gasteiger partial charge in [0.1, 0.15) is 0 Å². The summed E-state index contributed by atoms with van der Waals surface area (Å²) in [6, 6.07) is 7.58. The Hall–Kier alpha value is -0.640. The van der Waals surface area contributed by atoms with Gasteiger partial charge < -0.3 is 0 Å². The summed E-state index contributed by atoms with van der Waals surface area (Å²) in [6.45, 7) is 9.59. The molecule has 18 heavy (non-hydrogen) atoms. The average molecular weight is 286 g/mol. The van der Waals surface area contributed by atoms with Crippen molar-refractivity contribution >= 4 is 22.6 Å². The zero-order valence-electron chi connectivity index (χ0n) is 11.1. The van der Waals surface area contributed by atoms with Gasteiger partial charge in [0.2, 0.25) is 0 Å². The van der Waals surface area contributed by atoms with E-state index in [0.29, 0.717) is 5.02 Å². The fourth-order valence-electron chi connectivity index (χ4n) is 1.42. The van der Waals surface area contributed by atoms with Crippen molar-refractivity contribution in [3.8, 4) is 0 Å². The van der Waals surface area contributed by atoms with Gasteiger partial charge in [-0.1, -0.05) is 29.8 Å². The van der Waals surface area contributed by atoms with Crippen LogP contribution >= 0.6 is 11.6 Å². The third-order valence-electron chi connectivity index (χ3n) is 2.48. The lowest BCUT2D eigenvalue weighted by molar-refractivity contribution is 0.602. The number of benzene rings is 1. The van der Waals surface area contributed by atoms with E-state index in [0.717, 1.165) is 12.0 Å². The van der Waals surface area contributed by atoms with Gasteiger partial charge in [0.15, 0.2) is 0 Å². The van der Waals surface area contributed by atoms with Gasteiger partial charge >= 0.3 is 0 Å². The van der Waals surface area contributed by atoms with Crippen molar-refractivity contribution in [3.63, 3.8) is 0 Å². The molecule has 0 aliphatic carbocycles. The van der Waals surface area contributed by atoms with Gasteiger partial charge in [0, 0.05) is 11.1 Å². The van der Waals surface area contributed by atoms with Crippen LogP contribution in [0.3, 0.4) is 0 Å². The van der Waals surface area contributed by atoms with Crippen LogP contribution in [0.1, 0.15) is 38.8 Å². The first-order valence-corrected chi connectivity index (χ1v) is 7.42. The molecule has 2 atom stereocenters. The lowest BCUT2D eigenvalue weighted by atomic mass is 10.1. The molecule has 0 saturated heterocycles. The number of nitrogens with one attached hydrogen (secondary N) is 1. The fraction of sp³-hybridized carbons (Fsp3) is 0.429. The van der Waals surface area contributed by atoms with E-state index in [1.807, 2.05) is 51.1 Å². The molecule has 1 N–H and O–H groups in total. The molecule has 1 aromatic carbocycles. The van der Waals surface area contributed by atoms with E-state index in [2.05, 4.69) is 11.3 Å². The molecule has 100 valence electrons. The Bertz CT molecular complexity index is 422. The lowest BCUT2D eigenvalue weighted by Crippen LogP contribution is -2.35. The van der Waals surface area contributed by atoms with Gasteiger partial charge in [-0.15, -0.1) is 6.58 Å². The quantitative estimate of drug-likeness (QED) is 0.814. The topological polar surface area (TPSA) is 29.1 Å². The van der Waals surface area contributed by atoms with E-state index in [-0.39, 0.29) is 10.8 Å². The highest BCUT2D eigenvalue weighted by Gasteiger charge is 2.22. The van der Waals surface area contributed by atoms with Crippen molar-refractivity contribution in [2.75, 3.05) is 0 Å². The van der Waals surface area contributed by atoms with E-state index in [4.69, 9.17) is 11.6 Å². The molecule has 0 heterocycles. The Morgan fingerprint density at radius 1 is 1.39 bits per heavy atom. The fourth-order valence-corrected chi connectivity index (χ4v) is 2.39. The number of halogens is 1. The molecule has 1 aromatic rings. The third kappa shape index (κ3) is 4.56. The first-order valence-electron chi connectivity index (χ1n) is 5.89. The summed E-state index contributed by atoms with van der Waals surface area (Å²) in [5.41, 5.74) is 1.07. The molecule has 0 amide bonds. The van der Waals surface area contributed by atoms with E-state index in [1.165, 1.54) is 0 Å². The second-order valence-corrected chi connectivity index (χ2v) is 7.56. The van der Waals surface area contributed by atoms with E-state index in [1.54, 1.807) is 0 Å². The van der Waals surface area contributed by atoms with Crippen LogP contribution in [0.15, 0.2) is 36.9 Å². The molecule has 0 aliphatic rings. The molecule has 0 bridgehead atoms. The second kappa shape index (κ2) is 6.50. The van der Waals surface area contributed by atoms with Gasteiger partial charge in [-0.2, -0.15) is 0 Å². The van der Waals surface area contributed by atoms with Crippen LogP contribution in [0.5, 0.6) is 0 Å². The van der Waals surface area contributed by atoms with Crippen molar-refractivity contribution in [2.24, 2.45) is 0 Å². The van der Waals surface area contributed by atoms with Crippen molar-refractivity contribution in [1.29, 1.82) is 0 Å². The molecule has 2 nitrogen and oxygen atoms in total. The van der Waals surface area contributed by atoms with Crippen LogP contribution in [-0.4, -0.2) is 8.96 Å². The highest BCUT2D eigenvalue weighted by Crippen LogP contribution is 2.22. The zero-order valence-corrected chi connectivity index (χ0v) is 12.6. The first-order chi connectivity index (χ1) is 8.34. The molecule has 4 heteroatoms. The van der Waals surface area contributed by atoms with E-state index >= 15 is 0 Å². The Labute approximate surface area is 117 Å². The maximum absolute atomic E-state index is 12.1. The van der Waals surface area contributed by atoms with E-state index in [9.17, 15) is 4.21 Å². The molecule has 0 unspecified atom stereocenters. The monoisotopic (exact) mass is 285 g/mol. The lowest BCUT2D eigenvalue weighted by Gasteiger charge is -2.24. The molecule has 1 rings (SSSR count). The SMILES string of the molecule is C=CC[C@H](N[S@](=O)C(C)(C)C)c1ccc(Cl)cc1. The molecular formula is C14H20ClNOS. The normalized spacial score (nSPS) is 15.1. The Balaban J connectivity index is 2.86. The summed E-state index contributed by atoms with van der Waals surface area (Å²) in [6.07, 6.45) is 2.55. The van der Waals surface area contributed by atoms with Crippen molar-refractivity contribution < 1.29 is 4.21 Å². The summed E-state index contributed by atoms with van der Waals surface area (Å²) < 4.78 is 15.0. The van der Waals surface area contributed by atoms with Crippen LogP contribution in [0.25, 0.3) is 0 Å². The summed E-state index contributed by atoms with van der Waals surface area (Å²) in [5, 5.41) is 0.702. The Kier molecular flexibility index (Phi) is 5.57. The predicted octanol–water partition coefficient (Wildman–Crippen LogP) is 4.01. The first kappa shape index (κ1) is 15.4. The van der Waals surface area contributed by atoms with Gasteiger partial charge in [-0.05, 0) is 44.9 Å². The number of hydrogen-bond acceptors (Lipinski definition) is 1. The minimum Gasteiger partial charge on any atom is -0.242 e. The Morgan fingerprint density at radius 2 is 1.94 bits per heavy atom. The predicted molar refractivity (Wildman–Crippen MR) is 80.0 cm³/mol. The molecule has 0 radical (unpaired) electrons. The van der Waals surface area contributed by atoms with Crippen molar-refractivity contribution in [3.05, 3.63) is 47.5 Å². The van der Waals surface area contributed by atoms with Crippen molar-refractivity contribution in [1.82, 2.24) is 4.72 Å². The minimum absolute atomic E-state index is 0.000162. The van der Waals surface area contributed by atoms with E-state index < -0.39 is 11.0 Å². The molecule has 0 spiro atoms. The molecule has 0 aliphatic heterocycles. The van der Waals surface area contributed by atoms with Gasteiger partial charge in [0.05, 0.1) is 15.7 Å². The minimum atomic E-state index is -1.11. The molecular weight excluding hydrogens is 266 g/mol. The molecule has 0 saturated carbocycles. The third-order valence-corrected chi connectivity index (χ3v) is 4.34. The van der Waals surface area contributed by atoms with Crippen LogP contribution < -0.4 is 4.72 Å².